The Labute approximate surface area is 137 Å². The minimum Gasteiger partial charge on any atom is -0.506 e. The highest BCUT2D eigenvalue weighted by molar-refractivity contribution is 6.30. The molecule has 2 aromatic carbocycles. The maximum Gasteiger partial charge on any atom is 0.298 e. The molecule has 2 rings (SSSR count). The Morgan fingerprint density at radius 2 is 1.87 bits per heavy atom. The molecule has 0 amide bonds. The van der Waals surface area contributed by atoms with Crippen LogP contribution in [-0.4, -0.2) is 21.7 Å². The van der Waals surface area contributed by atoms with Crippen LogP contribution in [0.2, 0.25) is 5.02 Å². The third-order valence-corrected chi connectivity index (χ3v) is 3.30. The van der Waals surface area contributed by atoms with Crippen LogP contribution in [0.5, 0.6) is 5.75 Å². The van der Waals surface area contributed by atoms with Gasteiger partial charge in [0.05, 0.1) is 4.92 Å². The number of aromatic hydroxyl groups is 1. The molecular formula is C15H14ClN3O4. The van der Waals surface area contributed by atoms with E-state index in [4.69, 9.17) is 16.7 Å². The third kappa shape index (κ3) is 4.48. The van der Waals surface area contributed by atoms with Crippen molar-refractivity contribution in [3.05, 3.63) is 57.1 Å². The van der Waals surface area contributed by atoms with E-state index < -0.39 is 4.92 Å². The fraction of sp³-hybridized carbons (Fsp3) is 0.200. The fourth-order valence-electron chi connectivity index (χ4n) is 1.92. The summed E-state index contributed by atoms with van der Waals surface area (Å²) in [4.78, 5) is 10.4. The normalized spacial score (nSPS) is 11.0. The molecule has 0 heterocycles. The number of nitro benzene ring substituents is 1. The lowest BCUT2D eigenvalue weighted by Gasteiger charge is -2.03. The fourth-order valence-corrected chi connectivity index (χ4v) is 2.09. The molecule has 0 spiro atoms. The highest BCUT2D eigenvalue weighted by atomic mass is 35.5. The number of phenolic OH excluding ortho intramolecular Hbond substituents is 1. The van der Waals surface area contributed by atoms with Crippen molar-refractivity contribution in [3.8, 4) is 5.75 Å². The second kappa shape index (κ2) is 7.66. The lowest BCUT2D eigenvalue weighted by Crippen LogP contribution is -1.89. The van der Waals surface area contributed by atoms with E-state index in [-0.39, 0.29) is 34.4 Å². The molecule has 0 aromatic heterocycles. The molecule has 0 aliphatic rings. The van der Waals surface area contributed by atoms with Crippen LogP contribution in [0.25, 0.3) is 0 Å². The summed E-state index contributed by atoms with van der Waals surface area (Å²) in [5.74, 6) is -0.0851. The average Bonchev–Trinajstić information content (AvgIpc) is 2.53. The van der Waals surface area contributed by atoms with Crippen LogP contribution in [-0.2, 0) is 6.42 Å². The molecule has 0 saturated carbocycles. The van der Waals surface area contributed by atoms with E-state index in [1.165, 1.54) is 24.3 Å². The molecule has 2 aromatic rings. The number of aliphatic hydroxyl groups excluding tert-OH is 1. The second-order valence-electron chi connectivity index (χ2n) is 4.74. The van der Waals surface area contributed by atoms with Crippen LogP contribution in [0.4, 0.5) is 17.1 Å². The van der Waals surface area contributed by atoms with Gasteiger partial charge in [-0.1, -0.05) is 17.7 Å². The predicted octanol–water partition coefficient (Wildman–Crippen LogP) is 4.29. The van der Waals surface area contributed by atoms with Gasteiger partial charge in [-0.15, -0.1) is 10.2 Å². The minimum atomic E-state index is -0.599. The van der Waals surface area contributed by atoms with Gasteiger partial charge in [-0.3, -0.25) is 10.1 Å². The number of hydrogen-bond acceptors (Lipinski definition) is 6. The van der Waals surface area contributed by atoms with Gasteiger partial charge in [0, 0.05) is 17.7 Å². The second-order valence-corrected chi connectivity index (χ2v) is 5.18. The summed E-state index contributed by atoms with van der Waals surface area (Å²) in [5.41, 5.74) is 0.845. The monoisotopic (exact) mass is 335 g/mol. The van der Waals surface area contributed by atoms with E-state index in [1.54, 1.807) is 12.1 Å². The summed E-state index contributed by atoms with van der Waals surface area (Å²) in [5, 5.41) is 37.6. The van der Waals surface area contributed by atoms with E-state index in [0.29, 0.717) is 12.8 Å². The van der Waals surface area contributed by atoms with E-state index in [9.17, 15) is 15.2 Å². The topological polar surface area (TPSA) is 108 Å². The summed E-state index contributed by atoms with van der Waals surface area (Å²) < 4.78 is 0. The molecule has 8 heteroatoms. The highest BCUT2D eigenvalue weighted by Gasteiger charge is 2.14. The summed E-state index contributed by atoms with van der Waals surface area (Å²) in [6, 6.07) is 8.85. The smallest absolute Gasteiger partial charge is 0.298 e. The van der Waals surface area contributed by atoms with E-state index in [2.05, 4.69) is 10.2 Å². The number of nitro groups is 1. The average molecular weight is 336 g/mol. The third-order valence-electron chi connectivity index (χ3n) is 3.06. The van der Waals surface area contributed by atoms with Gasteiger partial charge in [0.25, 0.3) is 5.69 Å². The zero-order chi connectivity index (χ0) is 16.8. The quantitative estimate of drug-likeness (QED) is 0.466. The van der Waals surface area contributed by atoms with E-state index in [0.717, 1.165) is 5.56 Å². The van der Waals surface area contributed by atoms with Gasteiger partial charge >= 0.3 is 0 Å². The molecule has 0 radical (unpaired) electrons. The molecule has 120 valence electrons. The number of hydrogen-bond donors (Lipinski definition) is 2. The summed E-state index contributed by atoms with van der Waals surface area (Å²) in [6.45, 7) is 0.0642. The van der Waals surface area contributed by atoms with Gasteiger partial charge in [0.15, 0.2) is 5.69 Å². The van der Waals surface area contributed by atoms with Crippen LogP contribution in [0.15, 0.2) is 46.6 Å². The van der Waals surface area contributed by atoms with Crippen molar-refractivity contribution in [2.75, 3.05) is 6.61 Å². The van der Waals surface area contributed by atoms with Gasteiger partial charge < -0.3 is 10.2 Å². The molecule has 0 atom stereocenters. The SMILES string of the molecule is O=[N+]([O-])c1cc(Cl)ccc1N=Nc1cc(CCCO)ccc1O. The molecule has 2 N–H and O–H groups in total. The van der Waals surface area contributed by atoms with Crippen molar-refractivity contribution >= 4 is 28.7 Å². The first-order valence-electron chi connectivity index (χ1n) is 6.79. The maximum atomic E-state index is 11.0. The summed E-state index contributed by atoms with van der Waals surface area (Å²) >= 11 is 5.74. The van der Waals surface area contributed by atoms with Gasteiger partial charge in [-0.2, -0.15) is 0 Å². The first kappa shape index (κ1) is 16.9. The standard InChI is InChI=1S/C15H14ClN3O4/c16-11-4-5-12(14(9-11)19(22)23)17-18-13-8-10(2-1-7-20)3-6-15(13)21/h3-6,8-9,20-21H,1-2,7H2. The van der Waals surface area contributed by atoms with Crippen molar-refractivity contribution in [2.45, 2.75) is 12.8 Å². The van der Waals surface area contributed by atoms with Crippen LogP contribution in [0, 0.1) is 10.1 Å². The summed E-state index contributed by atoms with van der Waals surface area (Å²) in [7, 11) is 0. The largest absolute Gasteiger partial charge is 0.506 e. The Bertz CT molecular complexity index is 749. The maximum absolute atomic E-state index is 11.0. The lowest BCUT2D eigenvalue weighted by atomic mass is 10.1. The van der Waals surface area contributed by atoms with Crippen molar-refractivity contribution < 1.29 is 15.1 Å². The van der Waals surface area contributed by atoms with Gasteiger partial charge in [0.2, 0.25) is 0 Å². The first-order valence-corrected chi connectivity index (χ1v) is 7.17. The van der Waals surface area contributed by atoms with E-state index >= 15 is 0 Å². The summed E-state index contributed by atoms with van der Waals surface area (Å²) in [6.07, 6.45) is 1.21. The number of halogens is 1. The molecular weight excluding hydrogens is 322 g/mol. The molecule has 7 nitrogen and oxygen atoms in total. The molecule has 0 aliphatic carbocycles. The number of azo groups is 1. The number of benzene rings is 2. The van der Waals surface area contributed by atoms with Crippen molar-refractivity contribution in [2.24, 2.45) is 10.2 Å². The van der Waals surface area contributed by atoms with Gasteiger partial charge in [-0.25, -0.2) is 0 Å². The zero-order valence-corrected chi connectivity index (χ0v) is 12.8. The van der Waals surface area contributed by atoms with Crippen LogP contribution >= 0.6 is 11.6 Å². The zero-order valence-electron chi connectivity index (χ0n) is 12.0. The Morgan fingerprint density at radius 1 is 1.13 bits per heavy atom. The first-order chi connectivity index (χ1) is 11.0. The highest BCUT2D eigenvalue weighted by Crippen LogP contribution is 2.34. The number of phenols is 1. The number of aryl methyl sites for hydroxylation is 1. The minimum absolute atomic E-state index is 0.0413. The van der Waals surface area contributed by atoms with Crippen molar-refractivity contribution in [1.82, 2.24) is 0 Å². The van der Waals surface area contributed by atoms with Crippen molar-refractivity contribution in [3.63, 3.8) is 0 Å². The predicted molar refractivity (Wildman–Crippen MR) is 85.8 cm³/mol. The molecule has 0 bridgehead atoms. The Balaban J connectivity index is 2.31. The van der Waals surface area contributed by atoms with Gasteiger partial charge in [0.1, 0.15) is 11.4 Å². The Kier molecular flexibility index (Phi) is 5.61. The lowest BCUT2D eigenvalue weighted by molar-refractivity contribution is -0.384. The number of aliphatic hydroxyl groups is 1. The van der Waals surface area contributed by atoms with Gasteiger partial charge in [-0.05, 0) is 42.7 Å². The molecule has 0 fully saturated rings. The van der Waals surface area contributed by atoms with E-state index in [1.807, 2.05) is 0 Å². The molecule has 0 saturated heterocycles. The number of rotatable bonds is 6. The van der Waals surface area contributed by atoms with Crippen LogP contribution < -0.4 is 0 Å². The molecule has 23 heavy (non-hydrogen) atoms. The Morgan fingerprint density at radius 3 is 2.57 bits per heavy atom. The van der Waals surface area contributed by atoms with Crippen LogP contribution in [0.1, 0.15) is 12.0 Å². The number of nitrogens with zero attached hydrogens (tertiary/aromatic N) is 3. The Hall–Kier alpha value is -2.51. The molecule has 0 unspecified atom stereocenters. The van der Waals surface area contributed by atoms with Crippen molar-refractivity contribution in [1.29, 1.82) is 0 Å². The molecule has 0 aliphatic heterocycles. The van der Waals surface area contributed by atoms with Crippen LogP contribution in [0.3, 0.4) is 0 Å².